The molecule has 2 unspecified atom stereocenters. The standard InChI is InChI=1S/C11H18N2OS/c1-2-4-12-8-9-3-6-14-10(9)11-13-5-7-15-11/h5,7,9-10,12H,2-4,6,8H2,1H3. The highest BCUT2D eigenvalue weighted by atomic mass is 32.1. The third kappa shape index (κ3) is 2.77. The lowest BCUT2D eigenvalue weighted by atomic mass is 10.0. The van der Waals surface area contributed by atoms with Crippen molar-refractivity contribution < 1.29 is 4.74 Å². The molecule has 1 aliphatic rings. The number of aromatic nitrogens is 1. The Morgan fingerprint density at radius 1 is 1.67 bits per heavy atom. The molecule has 0 aliphatic carbocycles. The molecule has 1 aliphatic heterocycles. The molecule has 0 aromatic carbocycles. The van der Waals surface area contributed by atoms with Gasteiger partial charge in [-0.1, -0.05) is 6.92 Å². The van der Waals surface area contributed by atoms with Crippen LogP contribution < -0.4 is 5.32 Å². The van der Waals surface area contributed by atoms with Gasteiger partial charge in [-0.05, 0) is 19.4 Å². The summed E-state index contributed by atoms with van der Waals surface area (Å²) in [4.78, 5) is 4.34. The first-order valence-corrected chi connectivity index (χ1v) is 6.51. The minimum Gasteiger partial charge on any atom is -0.371 e. The zero-order valence-corrected chi connectivity index (χ0v) is 9.93. The zero-order valence-electron chi connectivity index (χ0n) is 9.11. The van der Waals surface area contributed by atoms with Crippen molar-refractivity contribution >= 4 is 11.3 Å². The van der Waals surface area contributed by atoms with Crippen LogP contribution in [-0.4, -0.2) is 24.7 Å². The Labute approximate surface area is 94.9 Å². The van der Waals surface area contributed by atoms with E-state index in [2.05, 4.69) is 17.2 Å². The number of nitrogens with one attached hydrogen (secondary N) is 1. The van der Waals surface area contributed by atoms with Crippen LogP contribution in [-0.2, 0) is 4.74 Å². The lowest BCUT2D eigenvalue weighted by molar-refractivity contribution is 0.0903. The molecule has 15 heavy (non-hydrogen) atoms. The molecule has 84 valence electrons. The molecule has 1 N–H and O–H groups in total. The van der Waals surface area contributed by atoms with Crippen LogP contribution >= 0.6 is 11.3 Å². The molecule has 0 saturated carbocycles. The minimum atomic E-state index is 0.231. The minimum absolute atomic E-state index is 0.231. The molecule has 3 nitrogen and oxygen atoms in total. The molecule has 1 saturated heterocycles. The van der Waals surface area contributed by atoms with Crippen molar-refractivity contribution in [2.24, 2.45) is 5.92 Å². The maximum absolute atomic E-state index is 5.75. The topological polar surface area (TPSA) is 34.1 Å². The summed E-state index contributed by atoms with van der Waals surface area (Å²) in [5.41, 5.74) is 0. The molecular weight excluding hydrogens is 208 g/mol. The summed E-state index contributed by atoms with van der Waals surface area (Å²) in [5.74, 6) is 0.600. The van der Waals surface area contributed by atoms with E-state index in [0.717, 1.165) is 31.1 Å². The molecule has 1 aromatic heterocycles. The van der Waals surface area contributed by atoms with Crippen molar-refractivity contribution in [3.63, 3.8) is 0 Å². The van der Waals surface area contributed by atoms with E-state index in [9.17, 15) is 0 Å². The molecule has 0 radical (unpaired) electrons. The summed E-state index contributed by atoms with van der Waals surface area (Å²) in [5, 5.41) is 6.62. The maximum Gasteiger partial charge on any atom is 0.122 e. The Morgan fingerprint density at radius 2 is 2.60 bits per heavy atom. The van der Waals surface area contributed by atoms with Crippen LogP contribution in [0, 0.1) is 5.92 Å². The van der Waals surface area contributed by atoms with Gasteiger partial charge in [-0.15, -0.1) is 11.3 Å². The van der Waals surface area contributed by atoms with E-state index in [1.165, 1.54) is 6.42 Å². The number of rotatable bonds is 5. The van der Waals surface area contributed by atoms with Crippen LogP contribution in [0.5, 0.6) is 0 Å². The molecule has 0 spiro atoms. The number of hydrogen-bond donors (Lipinski definition) is 1. The van der Waals surface area contributed by atoms with Crippen molar-refractivity contribution in [2.75, 3.05) is 19.7 Å². The van der Waals surface area contributed by atoms with E-state index in [4.69, 9.17) is 4.74 Å². The summed E-state index contributed by atoms with van der Waals surface area (Å²) in [6.45, 7) is 5.22. The highest BCUT2D eigenvalue weighted by molar-refractivity contribution is 7.09. The third-order valence-corrected chi connectivity index (χ3v) is 3.58. The van der Waals surface area contributed by atoms with Gasteiger partial charge in [0.15, 0.2) is 0 Å². The number of nitrogens with zero attached hydrogens (tertiary/aromatic N) is 1. The zero-order chi connectivity index (χ0) is 10.5. The first kappa shape index (κ1) is 11.0. The molecule has 1 aromatic rings. The Bertz CT molecular complexity index is 276. The van der Waals surface area contributed by atoms with Crippen molar-refractivity contribution in [1.82, 2.24) is 10.3 Å². The van der Waals surface area contributed by atoms with E-state index in [-0.39, 0.29) is 6.10 Å². The maximum atomic E-state index is 5.75. The van der Waals surface area contributed by atoms with Crippen molar-refractivity contribution in [3.8, 4) is 0 Å². The van der Waals surface area contributed by atoms with Crippen LogP contribution in [0.15, 0.2) is 11.6 Å². The summed E-state index contributed by atoms with van der Waals surface area (Å²) in [6, 6.07) is 0. The van der Waals surface area contributed by atoms with Crippen LogP contribution in [0.3, 0.4) is 0 Å². The smallest absolute Gasteiger partial charge is 0.122 e. The van der Waals surface area contributed by atoms with Crippen molar-refractivity contribution in [2.45, 2.75) is 25.9 Å². The summed E-state index contributed by atoms with van der Waals surface area (Å²) in [6.07, 6.45) is 4.43. The SMILES string of the molecule is CCCNCC1CCOC1c1nccs1. The normalized spacial score (nSPS) is 25.9. The van der Waals surface area contributed by atoms with Crippen molar-refractivity contribution in [1.29, 1.82) is 0 Å². The first-order valence-electron chi connectivity index (χ1n) is 5.63. The van der Waals surface area contributed by atoms with Gasteiger partial charge in [0, 0.05) is 30.6 Å². The van der Waals surface area contributed by atoms with Gasteiger partial charge < -0.3 is 10.1 Å². The highest BCUT2D eigenvalue weighted by Crippen LogP contribution is 2.34. The molecular formula is C11H18N2OS. The van der Waals surface area contributed by atoms with Crippen molar-refractivity contribution in [3.05, 3.63) is 16.6 Å². The van der Waals surface area contributed by atoms with E-state index < -0.39 is 0 Å². The van der Waals surface area contributed by atoms with Gasteiger partial charge in [-0.3, -0.25) is 0 Å². The second kappa shape index (κ2) is 5.58. The fourth-order valence-electron chi connectivity index (χ4n) is 1.96. The van der Waals surface area contributed by atoms with E-state index in [1.54, 1.807) is 11.3 Å². The van der Waals surface area contributed by atoms with Crippen LogP contribution in [0.4, 0.5) is 0 Å². The lowest BCUT2D eigenvalue weighted by Crippen LogP contribution is -2.25. The van der Waals surface area contributed by atoms with Gasteiger partial charge in [0.1, 0.15) is 11.1 Å². The third-order valence-electron chi connectivity index (χ3n) is 2.74. The molecule has 2 heterocycles. The molecule has 0 bridgehead atoms. The summed E-state index contributed by atoms with van der Waals surface area (Å²) in [7, 11) is 0. The van der Waals surface area contributed by atoms with Gasteiger partial charge in [0.2, 0.25) is 0 Å². The van der Waals surface area contributed by atoms with E-state index in [1.807, 2.05) is 11.6 Å². The monoisotopic (exact) mass is 226 g/mol. The Hall–Kier alpha value is -0.450. The number of thiazole rings is 1. The number of hydrogen-bond acceptors (Lipinski definition) is 4. The number of ether oxygens (including phenoxy) is 1. The molecule has 4 heteroatoms. The molecule has 2 atom stereocenters. The van der Waals surface area contributed by atoms with E-state index in [0.29, 0.717) is 5.92 Å². The predicted molar refractivity (Wildman–Crippen MR) is 62.1 cm³/mol. The van der Waals surface area contributed by atoms with Gasteiger partial charge in [0.05, 0.1) is 0 Å². The van der Waals surface area contributed by atoms with Crippen LogP contribution in [0.25, 0.3) is 0 Å². The first-order chi connectivity index (χ1) is 7.42. The van der Waals surface area contributed by atoms with Gasteiger partial charge in [-0.25, -0.2) is 4.98 Å². The summed E-state index contributed by atoms with van der Waals surface area (Å²) < 4.78 is 5.75. The van der Waals surface area contributed by atoms with E-state index >= 15 is 0 Å². The van der Waals surface area contributed by atoms with Gasteiger partial charge in [-0.2, -0.15) is 0 Å². The molecule has 2 rings (SSSR count). The van der Waals surface area contributed by atoms with Crippen LogP contribution in [0.1, 0.15) is 30.9 Å². The van der Waals surface area contributed by atoms with Crippen LogP contribution in [0.2, 0.25) is 0 Å². The average Bonchev–Trinajstić information content (AvgIpc) is 2.87. The predicted octanol–water partition coefficient (Wildman–Crippen LogP) is 2.22. The fraction of sp³-hybridized carbons (Fsp3) is 0.727. The molecule has 0 amide bonds. The highest BCUT2D eigenvalue weighted by Gasteiger charge is 2.30. The lowest BCUT2D eigenvalue weighted by Gasteiger charge is -2.16. The second-order valence-electron chi connectivity index (χ2n) is 3.91. The Morgan fingerprint density at radius 3 is 3.33 bits per heavy atom. The fourth-order valence-corrected chi connectivity index (χ4v) is 2.73. The largest absolute Gasteiger partial charge is 0.371 e. The van der Waals surface area contributed by atoms with Gasteiger partial charge in [0.25, 0.3) is 0 Å². The average molecular weight is 226 g/mol. The summed E-state index contributed by atoms with van der Waals surface area (Å²) >= 11 is 1.70. The van der Waals surface area contributed by atoms with Gasteiger partial charge >= 0.3 is 0 Å². The Kier molecular flexibility index (Phi) is 4.11. The second-order valence-corrected chi connectivity index (χ2v) is 4.84. The quantitative estimate of drug-likeness (QED) is 0.782. The molecule has 1 fully saturated rings. The Balaban J connectivity index is 1.88.